The van der Waals surface area contributed by atoms with Crippen molar-refractivity contribution >= 4 is 22.8 Å². The van der Waals surface area contributed by atoms with Crippen molar-refractivity contribution in [2.24, 2.45) is 0 Å². The summed E-state index contributed by atoms with van der Waals surface area (Å²) < 4.78 is 12.5. The number of hydrogen-bond acceptors (Lipinski definition) is 7. The molecule has 3 rings (SSSR count). The van der Waals surface area contributed by atoms with Gasteiger partial charge in [-0.2, -0.15) is 5.26 Å². The fraction of sp³-hybridized carbons (Fsp3) is 0.304. The van der Waals surface area contributed by atoms with Crippen molar-refractivity contribution in [3.8, 4) is 17.6 Å². The summed E-state index contributed by atoms with van der Waals surface area (Å²) in [6.07, 6.45) is 2.70. The van der Waals surface area contributed by atoms with Crippen LogP contribution in [0.4, 0.5) is 0 Å². The number of nitriles is 1. The van der Waals surface area contributed by atoms with Gasteiger partial charge in [0.25, 0.3) is 5.91 Å². The van der Waals surface area contributed by atoms with E-state index in [2.05, 4.69) is 16.4 Å². The predicted molar refractivity (Wildman–Crippen MR) is 116 cm³/mol. The molecule has 0 radical (unpaired) electrons. The zero-order valence-electron chi connectivity index (χ0n) is 18.2. The lowest BCUT2D eigenvalue weighted by atomic mass is 10.1. The van der Waals surface area contributed by atoms with Crippen molar-refractivity contribution in [3.05, 3.63) is 54.0 Å². The van der Waals surface area contributed by atoms with Crippen LogP contribution in [-0.2, 0) is 9.53 Å². The molecule has 166 valence electrons. The van der Waals surface area contributed by atoms with Crippen LogP contribution in [0.2, 0.25) is 0 Å². The smallest absolute Gasteiger partial charge is 0.328 e. The molecule has 1 amide bonds. The van der Waals surface area contributed by atoms with Crippen LogP contribution in [0, 0.1) is 11.3 Å². The second kappa shape index (κ2) is 9.39. The topological polar surface area (TPSA) is 126 Å². The highest BCUT2D eigenvalue weighted by Gasteiger charge is 2.26. The molecular weight excluding hydrogens is 412 g/mol. The molecule has 2 heterocycles. The van der Waals surface area contributed by atoms with Gasteiger partial charge >= 0.3 is 5.97 Å². The van der Waals surface area contributed by atoms with Gasteiger partial charge < -0.3 is 24.5 Å². The lowest BCUT2D eigenvalue weighted by Gasteiger charge is -2.24. The number of carbonyl (C=O) groups excluding carboxylic acids is 2. The minimum Gasteiger partial charge on any atom is -0.503 e. The number of pyridine rings is 1. The molecule has 0 spiro atoms. The Morgan fingerprint density at radius 1 is 1.22 bits per heavy atom. The molecule has 2 N–H and O–H groups in total. The van der Waals surface area contributed by atoms with E-state index >= 15 is 0 Å². The maximum Gasteiger partial charge on any atom is 0.328 e. The zero-order chi connectivity index (χ0) is 23.4. The molecule has 2 unspecified atom stereocenters. The van der Waals surface area contributed by atoms with Gasteiger partial charge in [0.1, 0.15) is 12.1 Å². The van der Waals surface area contributed by atoms with Crippen molar-refractivity contribution in [2.45, 2.75) is 39.0 Å². The molecule has 3 atom stereocenters. The number of nitrogens with one attached hydrogen (secondary N) is 1. The van der Waals surface area contributed by atoms with Gasteiger partial charge in [-0.25, -0.2) is 9.78 Å². The summed E-state index contributed by atoms with van der Waals surface area (Å²) in [6.45, 7) is 5.17. The van der Waals surface area contributed by atoms with E-state index in [9.17, 15) is 14.7 Å². The number of methoxy groups -OCH3 is 1. The van der Waals surface area contributed by atoms with E-state index in [1.54, 1.807) is 19.1 Å². The third-order valence-corrected chi connectivity index (χ3v) is 5.29. The Labute approximate surface area is 185 Å². The molecule has 9 nitrogen and oxygen atoms in total. The van der Waals surface area contributed by atoms with Gasteiger partial charge in [-0.05, 0) is 45.0 Å². The Kier molecular flexibility index (Phi) is 6.64. The monoisotopic (exact) mass is 436 g/mol. The molecule has 1 aromatic carbocycles. The van der Waals surface area contributed by atoms with Crippen molar-refractivity contribution in [3.63, 3.8) is 0 Å². The molecule has 0 saturated heterocycles. The molecule has 0 aliphatic carbocycles. The number of esters is 1. The lowest BCUT2D eigenvalue weighted by Crippen LogP contribution is -2.41. The minimum absolute atomic E-state index is 0.101. The predicted octanol–water partition coefficient (Wildman–Crippen LogP) is 2.93. The molecule has 32 heavy (non-hydrogen) atoms. The van der Waals surface area contributed by atoms with Gasteiger partial charge in [0.2, 0.25) is 0 Å². The van der Waals surface area contributed by atoms with Gasteiger partial charge in [0.15, 0.2) is 17.2 Å². The Morgan fingerprint density at radius 3 is 2.66 bits per heavy atom. The van der Waals surface area contributed by atoms with E-state index in [0.29, 0.717) is 5.56 Å². The molecular formula is C23H24N4O5. The van der Waals surface area contributed by atoms with Crippen molar-refractivity contribution in [1.82, 2.24) is 14.9 Å². The lowest BCUT2D eigenvalue weighted by molar-refractivity contribution is -0.151. The number of nitrogens with zero attached hydrogens (tertiary/aromatic N) is 3. The summed E-state index contributed by atoms with van der Waals surface area (Å²) in [5.74, 6) is -1.66. The molecule has 0 bridgehead atoms. The van der Waals surface area contributed by atoms with E-state index in [4.69, 9.17) is 14.7 Å². The van der Waals surface area contributed by atoms with E-state index in [1.165, 1.54) is 26.3 Å². The maximum absolute atomic E-state index is 12.6. The molecule has 9 heteroatoms. The average Bonchev–Trinajstić information content (AvgIpc) is 3.21. The third kappa shape index (κ3) is 4.49. The first-order valence-electron chi connectivity index (χ1n) is 10.0. The fourth-order valence-corrected chi connectivity index (χ4v) is 3.29. The first-order valence-corrected chi connectivity index (χ1v) is 10.0. The third-order valence-electron chi connectivity index (χ3n) is 5.29. The largest absolute Gasteiger partial charge is 0.503 e. The van der Waals surface area contributed by atoms with Crippen LogP contribution in [0.1, 0.15) is 42.9 Å². The number of fused-ring (bicyclic) bond motifs is 1. The minimum atomic E-state index is -0.968. The summed E-state index contributed by atoms with van der Waals surface area (Å²) in [6, 6.07) is 9.66. The highest BCUT2D eigenvalue weighted by molar-refractivity contribution is 5.97. The first kappa shape index (κ1) is 22.6. The van der Waals surface area contributed by atoms with Crippen molar-refractivity contribution in [1.29, 1.82) is 5.26 Å². The van der Waals surface area contributed by atoms with Gasteiger partial charge in [-0.3, -0.25) is 4.79 Å². The van der Waals surface area contributed by atoms with Crippen molar-refractivity contribution < 1.29 is 24.2 Å². The second-order valence-corrected chi connectivity index (χ2v) is 7.40. The molecule has 0 aliphatic rings. The fourth-order valence-electron chi connectivity index (χ4n) is 3.29. The van der Waals surface area contributed by atoms with Crippen LogP contribution in [0.25, 0.3) is 10.9 Å². The number of hydrogen-bond donors (Lipinski definition) is 2. The van der Waals surface area contributed by atoms with E-state index in [1.807, 2.05) is 29.8 Å². The van der Waals surface area contributed by atoms with Gasteiger partial charge in [-0.15, -0.1) is 0 Å². The summed E-state index contributed by atoms with van der Waals surface area (Å²) in [5, 5.41) is 22.5. The average molecular weight is 436 g/mol. The van der Waals surface area contributed by atoms with Crippen LogP contribution >= 0.6 is 0 Å². The molecule has 3 aromatic rings. The number of carbonyl (C=O) groups is 2. The first-order chi connectivity index (χ1) is 15.3. The summed E-state index contributed by atoms with van der Waals surface area (Å²) in [7, 11) is 1.36. The number of benzene rings is 1. The van der Waals surface area contributed by atoms with Crippen LogP contribution in [0.15, 0.2) is 42.7 Å². The van der Waals surface area contributed by atoms with Gasteiger partial charge in [0.05, 0.1) is 24.8 Å². The number of ether oxygens (including phenoxy) is 2. The highest BCUT2D eigenvalue weighted by atomic mass is 16.5. The van der Waals surface area contributed by atoms with E-state index < -0.39 is 29.8 Å². The summed E-state index contributed by atoms with van der Waals surface area (Å²) >= 11 is 0. The Hall–Kier alpha value is -4.06. The Morgan fingerprint density at radius 2 is 1.97 bits per heavy atom. The Balaban J connectivity index is 1.66. The van der Waals surface area contributed by atoms with Gasteiger partial charge in [-0.1, -0.05) is 0 Å². The Bertz CT molecular complexity index is 1200. The summed E-state index contributed by atoms with van der Waals surface area (Å²) in [5.41, 5.74) is 1.24. The van der Waals surface area contributed by atoms with Crippen LogP contribution in [0.5, 0.6) is 11.5 Å². The number of amides is 1. The zero-order valence-corrected chi connectivity index (χ0v) is 18.2. The number of aromatic hydroxyl groups is 1. The second-order valence-electron chi connectivity index (χ2n) is 7.40. The maximum atomic E-state index is 12.6. The number of rotatable bonds is 7. The quantitative estimate of drug-likeness (QED) is 0.545. The van der Waals surface area contributed by atoms with Crippen molar-refractivity contribution in [2.75, 3.05) is 7.11 Å². The number of aromatic nitrogens is 2. The molecule has 0 aliphatic heterocycles. The molecule has 0 saturated carbocycles. The van der Waals surface area contributed by atoms with E-state index in [0.717, 1.165) is 10.9 Å². The van der Waals surface area contributed by atoms with Crippen LogP contribution in [0.3, 0.4) is 0 Å². The van der Waals surface area contributed by atoms with Crippen LogP contribution in [-0.4, -0.2) is 45.8 Å². The van der Waals surface area contributed by atoms with Gasteiger partial charge in [0, 0.05) is 29.4 Å². The molecule has 2 aromatic heterocycles. The normalized spacial score (nSPS) is 13.6. The van der Waals surface area contributed by atoms with Crippen LogP contribution < -0.4 is 10.1 Å². The summed E-state index contributed by atoms with van der Waals surface area (Å²) in [4.78, 5) is 28.8. The van der Waals surface area contributed by atoms with E-state index in [-0.39, 0.29) is 17.5 Å². The molecule has 0 fully saturated rings. The standard InChI is InChI=1S/C23H24N4O5/c1-13(26-22(29)20-21(28)19(31-4)7-9-25-20)23(30)32-15(3)14(2)27-10-8-17-11-16(12-24)5-6-18(17)27/h5-11,13-15,28H,1-4H3,(H,26,29)/t13-,14?,15?/m0/s1. The highest BCUT2D eigenvalue weighted by Crippen LogP contribution is 2.27. The SMILES string of the molecule is COc1ccnc(C(=O)N[C@@H](C)C(=O)OC(C)C(C)n2ccc3cc(C#N)ccc32)c1O.